The second-order valence-electron chi connectivity index (χ2n) is 6.95. The van der Waals surface area contributed by atoms with E-state index in [2.05, 4.69) is 5.32 Å². The van der Waals surface area contributed by atoms with Gasteiger partial charge in [0.15, 0.2) is 0 Å². The molecule has 0 radical (unpaired) electrons. The molecular weight excluding hydrogens is 356 g/mol. The van der Waals surface area contributed by atoms with Crippen LogP contribution in [0.5, 0.6) is 11.5 Å². The number of carbonyl (C=O) groups is 2. The summed E-state index contributed by atoms with van der Waals surface area (Å²) in [6.45, 7) is 5.35. The highest BCUT2D eigenvalue weighted by atomic mass is 16.5. The van der Waals surface area contributed by atoms with E-state index in [9.17, 15) is 9.59 Å². The molecule has 1 aliphatic rings. The van der Waals surface area contributed by atoms with Crippen molar-refractivity contribution >= 4 is 17.5 Å². The summed E-state index contributed by atoms with van der Waals surface area (Å²) < 4.78 is 11.2. The third kappa shape index (κ3) is 5.25. The minimum atomic E-state index is -0.141. The zero-order valence-corrected chi connectivity index (χ0v) is 16.3. The third-order valence-corrected chi connectivity index (χ3v) is 4.38. The molecule has 148 valence electrons. The van der Waals surface area contributed by atoms with E-state index in [-0.39, 0.29) is 30.8 Å². The SMILES string of the molecule is CC(C)Oc1ccc(CNC(=O)CCC(=O)N2CCOc3ccccc32)cc1. The Labute approximate surface area is 165 Å². The summed E-state index contributed by atoms with van der Waals surface area (Å²) in [6, 6.07) is 15.1. The van der Waals surface area contributed by atoms with Gasteiger partial charge in [-0.25, -0.2) is 0 Å². The topological polar surface area (TPSA) is 67.9 Å². The second-order valence-corrected chi connectivity index (χ2v) is 6.95. The van der Waals surface area contributed by atoms with E-state index in [0.29, 0.717) is 25.4 Å². The maximum atomic E-state index is 12.5. The molecule has 0 bridgehead atoms. The van der Waals surface area contributed by atoms with E-state index in [0.717, 1.165) is 17.0 Å². The number of anilines is 1. The summed E-state index contributed by atoms with van der Waals surface area (Å²) >= 11 is 0. The van der Waals surface area contributed by atoms with Crippen LogP contribution in [-0.2, 0) is 16.1 Å². The van der Waals surface area contributed by atoms with Gasteiger partial charge in [0.1, 0.15) is 18.1 Å². The monoisotopic (exact) mass is 382 g/mol. The number of ether oxygens (including phenoxy) is 2. The molecule has 0 aromatic heterocycles. The smallest absolute Gasteiger partial charge is 0.227 e. The van der Waals surface area contributed by atoms with E-state index >= 15 is 0 Å². The van der Waals surface area contributed by atoms with Crippen molar-refractivity contribution in [3.63, 3.8) is 0 Å². The third-order valence-electron chi connectivity index (χ3n) is 4.38. The zero-order valence-electron chi connectivity index (χ0n) is 16.3. The highest BCUT2D eigenvalue weighted by Gasteiger charge is 2.23. The van der Waals surface area contributed by atoms with Gasteiger partial charge in [-0.05, 0) is 43.7 Å². The molecule has 3 rings (SSSR count). The van der Waals surface area contributed by atoms with Crippen molar-refractivity contribution in [2.45, 2.75) is 39.3 Å². The molecule has 2 aromatic carbocycles. The summed E-state index contributed by atoms with van der Waals surface area (Å²) in [5, 5.41) is 2.86. The molecule has 0 spiro atoms. The van der Waals surface area contributed by atoms with Gasteiger partial charge in [-0.2, -0.15) is 0 Å². The quantitative estimate of drug-likeness (QED) is 0.798. The first kappa shape index (κ1) is 19.7. The number of para-hydroxylation sites is 2. The predicted octanol–water partition coefficient (Wildman–Crippen LogP) is 3.30. The Hall–Kier alpha value is -3.02. The minimum Gasteiger partial charge on any atom is -0.491 e. The highest BCUT2D eigenvalue weighted by Crippen LogP contribution is 2.31. The standard InChI is InChI=1S/C22H26N2O4/c1-16(2)28-18-9-7-17(8-10-18)15-23-21(25)11-12-22(26)24-13-14-27-20-6-4-3-5-19(20)24/h3-10,16H,11-15H2,1-2H3,(H,23,25). The number of rotatable bonds is 7. The van der Waals surface area contributed by atoms with Crippen molar-refractivity contribution < 1.29 is 19.1 Å². The largest absolute Gasteiger partial charge is 0.491 e. The van der Waals surface area contributed by atoms with Gasteiger partial charge in [-0.3, -0.25) is 9.59 Å². The fourth-order valence-electron chi connectivity index (χ4n) is 3.03. The lowest BCUT2D eigenvalue weighted by Crippen LogP contribution is -2.38. The van der Waals surface area contributed by atoms with Crippen LogP contribution in [0.15, 0.2) is 48.5 Å². The second kappa shape index (κ2) is 9.26. The van der Waals surface area contributed by atoms with Gasteiger partial charge >= 0.3 is 0 Å². The van der Waals surface area contributed by atoms with Crippen LogP contribution in [0.2, 0.25) is 0 Å². The average molecular weight is 382 g/mol. The Balaban J connectivity index is 1.45. The fraction of sp³-hybridized carbons (Fsp3) is 0.364. The molecule has 0 aliphatic carbocycles. The van der Waals surface area contributed by atoms with Crippen LogP contribution in [0.25, 0.3) is 0 Å². The molecule has 0 saturated carbocycles. The average Bonchev–Trinajstić information content (AvgIpc) is 2.70. The van der Waals surface area contributed by atoms with Crippen LogP contribution >= 0.6 is 0 Å². The maximum Gasteiger partial charge on any atom is 0.227 e. The van der Waals surface area contributed by atoms with Gasteiger partial charge in [0.2, 0.25) is 11.8 Å². The van der Waals surface area contributed by atoms with Crippen LogP contribution in [0.1, 0.15) is 32.3 Å². The molecule has 28 heavy (non-hydrogen) atoms. The number of amides is 2. The molecule has 1 N–H and O–H groups in total. The Morgan fingerprint density at radius 2 is 1.86 bits per heavy atom. The number of carbonyl (C=O) groups excluding carboxylic acids is 2. The van der Waals surface area contributed by atoms with E-state index in [1.165, 1.54) is 0 Å². The predicted molar refractivity (Wildman–Crippen MR) is 108 cm³/mol. The molecule has 1 heterocycles. The van der Waals surface area contributed by atoms with Crippen LogP contribution in [-0.4, -0.2) is 31.1 Å². The number of nitrogens with zero attached hydrogens (tertiary/aromatic N) is 1. The van der Waals surface area contributed by atoms with Gasteiger partial charge in [-0.1, -0.05) is 24.3 Å². The summed E-state index contributed by atoms with van der Waals surface area (Å²) in [7, 11) is 0. The number of hydrogen-bond donors (Lipinski definition) is 1. The molecule has 0 atom stereocenters. The van der Waals surface area contributed by atoms with Crippen LogP contribution < -0.4 is 19.7 Å². The molecule has 0 fully saturated rings. The zero-order chi connectivity index (χ0) is 19.9. The molecule has 0 saturated heterocycles. The van der Waals surface area contributed by atoms with Crippen LogP contribution in [0.3, 0.4) is 0 Å². The molecule has 2 amide bonds. The molecule has 1 aliphatic heterocycles. The number of fused-ring (bicyclic) bond motifs is 1. The Kier molecular flexibility index (Phi) is 6.53. The van der Waals surface area contributed by atoms with Crippen LogP contribution in [0, 0.1) is 0 Å². The van der Waals surface area contributed by atoms with E-state index in [1.54, 1.807) is 4.90 Å². The van der Waals surface area contributed by atoms with Gasteiger partial charge < -0.3 is 19.7 Å². The minimum absolute atomic E-state index is 0.0684. The van der Waals surface area contributed by atoms with Gasteiger partial charge in [0, 0.05) is 19.4 Å². The molecule has 6 nitrogen and oxygen atoms in total. The van der Waals surface area contributed by atoms with E-state index in [1.807, 2.05) is 62.4 Å². The first-order valence-corrected chi connectivity index (χ1v) is 9.57. The lowest BCUT2D eigenvalue weighted by atomic mass is 10.2. The van der Waals surface area contributed by atoms with Crippen molar-refractivity contribution in [2.75, 3.05) is 18.1 Å². The lowest BCUT2D eigenvalue weighted by Gasteiger charge is -2.29. The number of nitrogens with one attached hydrogen (secondary N) is 1. The molecule has 6 heteroatoms. The van der Waals surface area contributed by atoms with Crippen molar-refractivity contribution in [2.24, 2.45) is 0 Å². The molecule has 0 unspecified atom stereocenters. The first-order chi connectivity index (χ1) is 13.5. The van der Waals surface area contributed by atoms with Gasteiger partial charge in [0.25, 0.3) is 0 Å². The normalized spacial score (nSPS) is 12.9. The van der Waals surface area contributed by atoms with Crippen LogP contribution in [0.4, 0.5) is 5.69 Å². The van der Waals surface area contributed by atoms with Crippen molar-refractivity contribution in [1.82, 2.24) is 5.32 Å². The van der Waals surface area contributed by atoms with E-state index < -0.39 is 0 Å². The Morgan fingerprint density at radius 3 is 2.61 bits per heavy atom. The highest BCUT2D eigenvalue weighted by molar-refractivity contribution is 5.97. The number of benzene rings is 2. The molecular formula is C22H26N2O4. The number of hydrogen-bond acceptors (Lipinski definition) is 4. The molecule has 2 aromatic rings. The van der Waals surface area contributed by atoms with Gasteiger partial charge in [-0.15, -0.1) is 0 Å². The Bertz CT molecular complexity index is 818. The van der Waals surface area contributed by atoms with Crippen molar-refractivity contribution in [3.05, 3.63) is 54.1 Å². The fourth-order valence-corrected chi connectivity index (χ4v) is 3.03. The first-order valence-electron chi connectivity index (χ1n) is 9.57. The van der Waals surface area contributed by atoms with Crippen molar-refractivity contribution in [1.29, 1.82) is 0 Å². The van der Waals surface area contributed by atoms with Crippen molar-refractivity contribution in [3.8, 4) is 11.5 Å². The summed E-state index contributed by atoms with van der Waals surface area (Å²) in [4.78, 5) is 26.4. The van der Waals surface area contributed by atoms with E-state index in [4.69, 9.17) is 9.47 Å². The summed E-state index contributed by atoms with van der Waals surface area (Å²) in [5.41, 5.74) is 1.75. The van der Waals surface area contributed by atoms with Gasteiger partial charge in [0.05, 0.1) is 18.3 Å². The maximum absolute atomic E-state index is 12.5. The summed E-state index contributed by atoms with van der Waals surface area (Å²) in [6.07, 6.45) is 0.454. The summed E-state index contributed by atoms with van der Waals surface area (Å²) in [5.74, 6) is 1.30. The Morgan fingerprint density at radius 1 is 1.11 bits per heavy atom. The lowest BCUT2D eigenvalue weighted by molar-refractivity contribution is -0.125.